The summed E-state index contributed by atoms with van der Waals surface area (Å²) >= 11 is 1.62. The van der Waals surface area contributed by atoms with Gasteiger partial charge in [-0.15, -0.1) is 11.3 Å². The van der Waals surface area contributed by atoms with Crippen molar-refractivity contribution in [2.24, 2.45) is 0 Å². The Morgan fingerprint density at radius 2 is 2.06 bits per heavy atom. The number of nitrogens with zero attached hydrogens (tertiary/aromatic N) is 2. The third-order valence-electron chi connectivity index (χ3n) is 3.91. The third kappa shape index (κ3) is 2.31. The SMILES string of the molecule is Nc1nc2c(s1)CC(N1CCC(F)CC1)CC2. The summed E-state index contributed by atoms with van der Waals surface area (Å²) in [4.78, 5) is 8.16. The molecule has 17 heavy (non-hydrogen) atoms. The predicted octanol–water partition coefficient (Wildman–Crippen LogP) is 2.02. The molecule has 3 nitrogen and oxygen atoms in total. The number of piperidine rings is 1. The molecule has 1 aromatic rings. The number of aryl methyl sites for hydroxylation is 1. The number of halogens is 1. The molecular formula is C12H18FN3S. The van der Waals surface area contributed by atoms with Gasteiger partial charge in [0.2, 0.25) is 0 Å². The van der Waals surface area contributed by atoms with E-state index in [4.69, 9.17) is 5.73 Å². The zero-order chi connectivity index (χ0) is 11.8. The van der Waals surface area contributed by atoms with Crippen LogP contribution in [-0.2, 0) is 12.8 Å². The lowest BCUT2D eigenvalue weighted by Crippen LogP contribution is -2.44. The Morgan fingerprint density at radius 3 is 2.82 bits per heavy atom. The van der Waals surface area contributed by atoms with Crippen LogP contribution in [0.4, 0.5) is 9.52 Å². The number of thiazole rings is 1. The van der Waals surface area contributed by atoms with Gasteiger partial charge in [0.15, 0.2) is 5.13 Å². The summed E-state index contributed by atoms with van der Waals surface area (Å²) in [6.45, 7) is 1.82. The number of fused-ring (bicyclic) bond motifs is 1. The lowest BCUT2D eigenvalue weighted by Gasteiger charge is -2.37. The van der Waals surface area contributed by atoms with Gasteiger partial charge in [-0.05, 0) is 32.1 Å². The van der Waals surface area contributed by atoms with Crippen LogP contribution in [0.3, 0.4) is 0 Å². The van der Waals surface area contributed by atoms with E-state index >= 15 is 0 Å². The van der Waals surface area contributed by atoms with Crippen molar-refractivity contribution in [2.45, 2.75) is 44.3 Å². The standard InChI is InChI=1S/C12H18FN3S/c13-8-3-5-16(6-4-8)9-1-2-10-11(7-9)17-12(14)15-10/h8-9H,1-7H2,(H2,14,15). The minimum Gasteiger partial charge on any atom is -0.375 e. The summed E-state index contributed by atoms with van der Waals surface area (Å²) in [6, 6.07) is 0.579. The molecule has 3 rings (SSSR count). The zero-order valence-corrected chi connectivity index (χ0v) is 10.7. The highest BCUT2D eigenvalue weighted by Crippen LogP contribution is 2.31. The maximum Gasteiger partial charge on any atom is 0.180 e. The summed E-state index contributed by atoms with van der Waals surface area (Å²) in [5, 5.41) is 0.693. The lowest BCUT2D eigenvalue weighted by atomic mass is 9.94. The Balaban J connectivity index is 1.67. The van der Waals surface area contributed by atoms with Crippen LogP contribution in [0.2, 0.25) is 0 Å². The Kier molecular flexibility index (Phi) is 3.04. The van der Waals surface area contributed by atoms with E-state index in [-0.39, 0.29) is 0 Å². The molecule has 1 aliphatic carbocycles. The van der Waals surface area contributed by atoms with Gasteiger partial charge in [-0.25, -0.2) is 9.37 Å². The summed E-state index contributed by atoms with van der Waals surface area (Å²) in [5.74, 6) is 0. The minimum absolute atomic E-state index is 0.579. The van der Waals surface area contributed by atoms with E-state index in [1.165, 1.54) is 10.6 Å². The van der Waals surface area contributed by atoms with Gasteiger partial charge < -0.3 is 5.73 Å². The van der Waals surface area contributed by atoms with Crippen LogP contribution in [0.1, 0.15) is 29.8 Å². The maximum atomic E-state index is 13.1. The van der Waals surface area contributed by atoms with Crippen molar-refractivity contribution in [2.75, 3.05) is 18.8 Å². The number of alkyl halides is 1. The van der Waals surface area contributed by atoms with Crippen molar-refractivity contribution in [3.63, 3.8) is 0 Å². The summed E-state index contributed by atoms with van der Waals surface area (Å²) in [7, 11) is 0. The molecule has 2 aliphatic rings. The van der Waals surface area contributed by atoms with Crippen LogP contribution >= 0.6 is 11.3 Å². The van der Waals surface area contributed by atoms with E-state index in [1.54, 1.807) is 11.3 Å². The van der Waals surface area contributed by atoms with E-state index in [9.17, 15) is 4.39 Å². The molecule has 2 heterocycles. The molecule has 1 unspecified atom stereocenters. The Bertz CT molecular complexity index is 398. The van der Waals surface area contributed by atoms with E-state index < -0.39 is 6.17 Å². The first kappa shape index (κ1) is 11.4. The van der Waals surface area contributed by atoms with Crippen molar-refractivity contribution < 1.29 is 4.39 Å². The van der Waals surface area contributed by atoms with Gasteiger partial charge in [0.25, 0.3) is 0 Å². The molecule has 0 spiro atoms. The molecule has 2 N–H and O–H groups in total. The summed E-state index contributed by atoms with van der Waals surface area (Å²) in [6.07, 6.45) is 4.06. The monoisotopic (exact) mass is 255 g/mol. The molecule has 0 radical (unpaired) electrons. The first-order valence-electron chi connectivity index (χ1n) is 6.34. The Labute approximate surface area is 105 Å². The average molecular weight is 255 g/mol. The van der Waals surface area contributed by atoms with Crippen LogP contribution in [0.15, 0.2) is 0 Å². The fourth-order valence-corrected chi connectivity index (χ4v) is 3.87. The van der Waals surface area contributed by atoms with Crippen molar-refractivity contribution in [3.05, 3.63) is 10.6 Å². The van der Waals surface area contributed by atoms with Crippen molar-refractivity contribution in [1.82, 2.24) is 9.88 Å². The molecule has 1 fully saturated rings. The van der Waals surface area contributed by atoms with Crippen LogP contribution in [-0.4, -0.2) is 35.2 Å². The third-order valence-corrected chi connectivity index (χ3v) is 4.85. The molecule has 0 amide bonds. The number of aromatic nitrogens is 1. The number of hydrogen-bond acceptors (Lipinski definition) is 4. The second-order valence-electron chi connectivity index (χ2n) is 5.03. The van der Waals surface area contributed by atoms with E-state index in [1.807, 2.05) is 0 Å². The second kappa shape index (κ2) is 4.53. The number of nitrogen functional groups attached to an aromatic ring is 1. The Morgan fingerprint density at radius 1 is 1.29 bits per heavy atom. The molecule has 1 saturated heterocycles. The highest BCUT2D eigenvalue weighted by Gasteiger charge is 2.29. The number of nitrogens with two attached hydrogens (primary N) is 1. The van der Waals surface area contributed by atoms with Gasteiger partial charge in [-0.2, -0.15) is 0 Å². The summed E-state index contributed by atoms with van der Waals surface area (Å²) < 4.78 is 13.1. The van der Waals surface area contributed by atoms with E-state index in [0.717, 1.165) is 32.4 Å². The van der Waals surface area contributed by atoms with Crippen LogP contribution in [0, 0.1) is 0 Å². The average Bonchev–Trinajstić information content (AvgIpc) is 2.69. The molecule has 94 valence electrons. The quantitative estimate of drug-likeness (QED) is 0.834. The highest BCUT2D eigenvalue weighted by atomic mass is 32.1. The van der Waals surface area contributed by atoms with Crippen LogP contribution in [0.5, 0.6) is 0 Å². The number of rotatable bonds is 1. The molecule has 5 heteroatoms. The van der Waals surface area contributed by atoms with Gasteiger partial charge in [0.1, 0.15) is 6.17 Å². The minimum atomic E-state index is -0.579. The Hall–Kier alpha value is -0.680. The fraction of sp³-hybridized carbons (Fsp3) is 0.750. The van der Waals surface area contributed by atoms with Crippen LogP contribution < -0.4 is 5.73 Å². The molecular weight excluding hydrogens is 237 g/mol. The van der Waals surface area contributed by atoms with Gasteiger partial charge >= 0.3 is 0 Å². The smallest absolute Gasteiger partial charge is 0.180 e. The first-order valence-corrected chi connectivity index (χ1v) is 7.16. The molecule has 0 bridgehead atoms. The number of anilines is 1. The summed E-state index contributed by atoms with van der Waals surface area (Å²) in [5.41, 5.74) is 6.94. The largest absolute Gasteiger partial charge is 0.375 e. The number of hydrogen-bond donors (Lipinski definition) is 1. The van der Waals surface area contributed by atoms with Crippen molar-refractivity contribution in [1.29, 1.82) is 0 Å². The molecule has 1 aliphatic heterocycles. The molecule has 1 aromatic heterocycles. The topological polar surface area (TPSA) is 42.1 Å². The van der Waals surface area contributed by atoms with E-state index in [2.05, 4.69) is 9.88 Å². The van der Waals surface area contributed by atoms with Crippen molar-refractivity contribution in [3.8, 4) is 0 Å². The van der Waals surface area contributed by atoms with Crippen molar-refractivity contribution >= 4 is 16.5 Å². The van der Waals surface area contributed by atoms with Gasteiger partial charge in [-0.1, -0.05) is 0 Å². The number of likely N-dealkylation sites (tertiary alicyclic amines) is 1. The van der Waals surface area contributed by atoms with Gasteiger partial charge in [0, 0.05) is 24.0 Å². The second-order valence-corrected chi connectivity index (χ2v) is 6.14. The first-order chi connectivity index (χ1) is 8.22. The molecule has 0 saturated carbocycles. The molecule has 1 atom stereocenters. The fourth-order valence-electron chi connectivity index (χ4n) is 2.92. The maximum absolute atomic E-state index is 13.1. The van der Waals surface area contributed by atoms with Crippen LogP contribution in [0.25, 0.3) is 0 Å². The highest BCUT2D eigenvalue weighted by molar-refractivity contribution is 7.15. The van der Waals surface area contributed by atoms with Gasteiger partial charge in [-0.3, -0.25) is 4.90 Å². The lowest BCUT2D eigenvalue weighted by molar-refractivity contribution is 0.104. The predicted molar refractivity (Wildman–Crippen MR) is 68.0 cm³/mol. The van der Waals surface area contributed by atoms with Gasteiger partial charge in [0.05, 0.1) is 5.69 Å². The molecule has 0 aromatic carbocycles. The normalized spacial score (nSPS) is 27.0. The van der Waals surface area contributed by atoms with E-state index in [0.29, 0.717) is 24.0 Å². The zero-order valence-electron chi connectivity index (χ0n) is 9.86.